The molecule has 0 aliphatic heterocycles. The van der Waals surface area contributed by atoms with Crippen LogP contribution in [0, 0.1) is 5.82 Å². The lowest BCUT2D eigenvalue weighted by atomic mass is 9.95. The largest absolute Gasteiger partial charge is 0.461 e. The van der Waals surface area contributed by atoms with Gasteiger partial charge in [0.15, 0.2) is 0 Å². The molecule has 2 nitrogen and oxygen atoms in total. The number of halogens is 2. The standard InChI is InChI=1S/C17H15BrFNO/c1-2-14-16(11-5-3-4-6-15(11)21-14)17(20)12-9-10(18)7-8-13(12)19/h3-9,17H,2,20H2,1H3. The van der Waals surface area contributed by atoms with Crippen molar-refractivity contribution in [2.75, 3.05) is 0 Å². The average Bonchev–Trinajstić information content (AvgIpc) is 2.87. The monoisotopic (exact) mass is 347 g/mol. The summed E-state index contributed by atoms with van der Waals surface area (Å²) in [5.41, 5.74) is 8.47. The summed E-state index contributed by atoms with van der Waals surface area (Å²) in [7, 11) is 0. The number of nitrogens with two attached hydrogens (primary N) is 1. The zero-order valence-electron chi connectivity index (χ0n) is 11.6. The summed E-state index contributed by atoms with van der Waals surface area (Å²) in [5, 5.41) is 0.946. The molecule has 108 valence electrons. The zero-order valence-corrected chi connectivity index (χ0v) is 13.2. The van der Waals surface area contributed by atoms with E-state index in [9.17, 15) is 4.39 Å². The van der Waals surface area contributed by atoms with Crippen molar-refractivity contribution in [3.8, 4) is 0 Å². The fourth-order valence-electron chi connectivity index (χ4n) is 2.63. The molecule has 0 fully saturated rings. The quantitative estimate of drug-likeness (QED) is 0.728. The number of rotatable bonds is 3. The van der Waals surface area contributed by atoms with Gasteiger partial charge in [-0.15, -0.1) is 0 Å². The van der Waals surface area contributed by atoms with Crippen molar-refractivity contribution in [1.82, 2.24) is 0 Å². The summed E-state index contributed by atoms with van der Waals surface area (Å²) in [6.45, 7) is 2.01. The number of hydrogen-bond donors (Lipinski definition) is 1. The Morgan fingerprint density at radius 2 is 2.00 bits per heavy atom. The minimum absolute atomic E-state index is 0.307. The Morgan fingerprint density at radius 3 is 2.76 bits per heavy atom. The molecular formula is C17H15BrFNO. The molecule has 0 saturated heterocycles. The molecule has 0 bridgehead atoms. The summed E-state index contributed by atoms with van der Waals surface area (Å²) in [6.07, 6.45) is 0.716. The smallest absolute Gasteiger partial charge is 0.134 e. The van der Waals surface area contributed by atoms with Gasteiger partial charge in [-0.3, -0.25) is 0 Å². The van der Waals surface area contributed by atoms with E-state index in [1.165, 1.54) is 6.07 Å². The first kappa shape index (κ1) is 14.3. The van der Waals surface area contributed by atoms with Crippen LogP contribution in [0.3, 0.4) is 0 Å². The van der Waals surface area contributed by atoms with E-state index in [0.717, 1.165) is 26.8 Å². The molecule has 1 atom stereocenters. The second kappa shape index (κ2) is 5.62. The molecule has 1 heterocycles. The van der Waals surface area contributed by atoms with Gasteiger partial charge in [0.25, 0.3) is 0 Å². The molecule has 0 aliphatic rings. The number of hydrogen-bond acceptors (Lipinski definition) is 2. The molecular weight excluding hydrogens is 333 g/mol. The van der Waals surface area contributed by atoms with Gasteiger partial charge in [0.05, 0.1) is 6.04 Å². The topological polar surface area (TPSA) is 39.2 Å². The predicted molar refractivity (Wildman–Crippen MR) is 85.7 cm³/mol. The van der Waals surface area contributed by atoms with Gasteiger partial charge in [-0.1, -0.05) is 41.1 Å². The molecule has 0 spiro atoms. The number of benzene rings is 2. The van der Waals surface area contributed by atoms with Crippen molar-refractivity contribution in [1.29, 1.82) is 0 Å². The molecule has 0 aliphatic carbocycles. The van der Waals surface area contributed by atoms with Crippen LogP contribution in [0.15, 0.2) is 51.4 Å². The van der Waals surface area contributed by atoms with E-state index in [4.69, 9.17) is 10.2 Å². The van der Waals surface area contributed by atoms with Gasteiger partial charge >= 0.3 is 0 Å². The van der Waals surface area contributed by atoms with Crippen LogP contribution < -0.4 is 5.73 Å². The van der Waals surface area contributed by atoms with E-state index in [-0.39, 0.29) is 5.82 Å². The Labute approximate surface area is 130 Å². The molecule has 1 aromatic heterocycles. The summed E-state index contributed by atoms with van der Waals surface area (Å²) in [6, 6.07) is 12.0. The van der Waals surface area contributed by atoms with Crippen LogP contribution in [0.5, 0.6) is 0 Å². The number of aryl methyl sites for hydroxylation is 1. The Morgan fingerprint density at radius 1 is 1.24 bits per heavy atom. The van der Waals surface area contributed by atoms with Crippen molar-refractivity contribution in [3.05, 3.63) is 69.6 Å². The van der Waals surface area contributed by atoms with Gasteiger partial charge in [0.1, 0.15) is 17.2 Å². The highest BCUT2D eigenvalue weighted by atomic mass is 79.9. The zero-order chi connectivity index (χ0) is 15.0. The third-order valence-corrected chi connectivity index (χ3v) is 4.13. The fourth-order valence-corrected chi connectivity index (χ4v) is 3.01. The summed E-state index contributed by atoms with van der Waals surface area (Å²) >= 11 is 3.37. The third kappa shape index (κ3) is 2.49. The third-order valence-electron chi connectivity index (χ3n) is 3.64. The van der Waals surface area contributed by atoms with Crippen LogP contribution in [-0.2, 0) is 6.42 Å². The fraction of sp³-hybridized carbons (Fsp3) is 0.176. The maximum Gasteiger partial charge on any atom is 0.134 e. The molecule has 2 N–H and O–H groups in total. The van der Waals surface area contributed by atoms with Crippen LogP contribution in [0.25, 0.3) is 11.0 Å². The van der Waals surface area contributed by atoms with E-state index in [0.29, 0.717) is 12.0 Å². The minimum Gasteiger partial charge on any atom is -0.461 e. The first-order valence-corrected chi connectivity index (χ1v) is 7.62. The lowest BCUT2D eigenvalue weighted by Gasteiger charge is -2.14. The number of furan rings is 1. The van der Waals surface area contributed by atoms with Gasteiger partial charge in [0.2, 0.25) is 0 Å². The molecule has 4 heteroatoms. The van der Waals surface area contributed by atoms with Crippen molar-refractivity contribution in [2.45, 2.75) is 19.4 Å². The SMILES string of the molecule is CCc1oc2ccccc2c1C(N)c1cc(Br)ccc1F. The highest BCUT2D eigenvalue weighted by Gasteiger charge is 2.22. The van der Waals surface area contributed by atoms with Gasteiger partial charge in [-0.2, -0.15) is 0 Å². The molecule has 0 saturated carbocycles. The summed E-state index contributed by atoms with van der Waals surface area (Å²) in [4.78, 5) is 0. The van der Waals surface area contributed by atoms with Gasteiger partial charge in [0, 0.05) is 27.4 Å². The van der Waals surface area contributed by atoms with E-state index < -0.39 is 6.04 Å². The van der Waals surface area contributed by atoms with Crippen molar-refractivity contribution >= 4 is 26.9 Å². The highest BCUT2D eigenvalue weighted by Crippen LogP contribution is 2.34. The molecule has 3 rings (SSSR count). The first-order valence-electron chi connectivity index (χ1n) is 6.82. The molecule has 3 aromatic rings. The van der Waals surface area contributed by atoms with Crippen molar-refractivity contribution < 1.29 is 8.81 Å². The lowest BCUT2D eigenvalue weighted by molar-refractivity contribution is 0.543. The van der Waals surface area contributed by atoms with E-state index in [2.05, 4.69) is 15.9 Å². The average molecular weight is 348 g/mol. The van der Waals surface area contributed by atoms with Gasteiger partial charge in [-0.05, 0) is 24.3 Å². The maximum atomic E-state index is 14.1. The van der Waals surface area contributed by atoms with Crippen molar-refractivity contribution in [3.63, 3.8) is 0 Å². The Hall–Kier alpha value is -1.65. The molecule has 1 unspecified atom stereocenters. The Kier molecular flexibility index (Phi) is 3.83. The molecule has 21 heavy (non-hydrogen) atoms. The number of para-hydroxylation sites is 1. The molecule has 0 radical (unpaired) electrons. The normalized spacial score (nSPS) is 12.8. The van der Waals surface area contributed by atoms with E-state index in [1.54, 1.807) is 12.1 Å². The second-order valence-electron chi connectivity index (χ2n) is 4.93. The predicted octanol–water partition coefficient (Wildman–Crippen LogP) is 4.94. The van der Waals surface area contributed by atoms with Gasteiger partial charge < -0.3 is 10.2 Å². The molecule has 2 aromatic carbocycles. The highest BCUT2D eigenvalue weighted by molar-refractivity contribution is 9.10. The van der Waals surface area contributed by atoms with E-state index in [1.807, 2.05) is 31.2 Å². The minimum atomic E-state index is -0.555. The van der Waals surface area contributed by atoms with E-state index >= 15 is 0 Å². The maximum absolute atomic E-state index is 14.1. The van der Waals surface area contributed by atoms with Crippen LogP contribution in [-0.4, -0.2) is 0 Å². The van der Waals surface area contributed by atoms with Crippen molar-refractivity contribution in [2.24, 2.45) is 5.73 Å². The van der Waals surface area contributed by atoms with Crippen LogP contribution in [0.2, 0.25) is 0 Å². The Bertz CT molecular complexity index is 797. The number of fused-ring (bicyclic) bond motifs is 1. The Balaban J connectivity index is 2.21. The summed E-state index contributed by atoms with van der Waals surface area (Å²) < 4.78 is 20.8. The lowest BCUT2D eigenvalue weighted by Crippen LogP contribution is -2.15. The van der Waals surface area contributed by atoms with Gasteiger partial charge in [-0.25, -0.2) is 4.39 Å². The second-order valence-corrected chi connectivity index (χ2v) is 5.85. The first-order chi connectivity index (χ1) is 10.1. The molecule has 0 amide bonds. The van der Waals surface area contributed by atoms with Crippen LogP contribution in [0.4, 0.5) is 4.39 Å². The van der Waals surface area contributed by atoms with Crippen LogP contribution in [0.1, 0.15) is 29.9 Å². The van der Waals surface area contributed by atoms with Crippen LogP contribution >= 0.6 is 15.9 Å². The summed E-state index contributed by atoms with van der Waals surface area (Å²) in [5.74, 6) is 0.501.